The highest BCUT2D eigenvalue weighted by Crippen LogP contribution is 2.26. The number of amides is 2. The molecule has 0 radical (unpaired) electrons. The van der Waals surface area contributed by atoms with Crippen molar-refractivity contribution in [1.82, 2.24) is 19.5 Å². The van der Waals surface area contributed by atoms with E-state index in [1.54, 1.807) is 11.8 Å². The molecule has 1 atom stereocenters. The van der Waals surface area contributed by atoms with Gasteiger partial charge in [0.05, 0.1) is 22.9 Å². The number of hydrogen-bond acceptors (Lipinski definition) is 7. The van der Waals surface area contributed by atoms with Crippen molar-refractivity contribution in [2.24, 2.45) is 5.92 Å². The molecule has 4 rings (SSSR count). The second kappa shape index (κ2) is 9.56. The van der Waals surface area contributed by atoms with Crippen LogP contribution in [0.25, 0.3) is 11.1 Å². The number of piperidine rings is 2. The SMILES string of the molecule is CCOC(=O)N1CCC(NC(=O)[C@H]2CCCN(S(=O)(=O)c3ccc4[nH]c(=O)oc4c3)C2)CC1. The van der Waals surface area contributed by atoms with E-state index < -0.39 is 21.7 Å². The Morgan fingerprint density at radius 3 is 2.70 bits per heavy atom. The van der Waals surface area contributed by atoms with Gasteiger partial charge in [-0.25, -0.2) is 18.0 Å². The van der Waals surface area contributed by atoms with Crippen LogP contribution in [0.4, 0.5) is 4.79 Å². The molecular formula is C21H28N4O7S. The van der Waals surface area contributed by atoms with Crippen molar-refractivity contribution < 1.29 is 27.2 Å². The maximum Gasteiger partial charge on any atom is 0.417 e. The molecule has 11 nitrogen and oxygen atoms in total. The van der Waals surface area contributed by atoms with E-state index >= 15 is 0 Å². The second-order valence-corrected chi connectivity index (χ2v) is 10.3. The van der Waals surface area contributed by atoms with E-state index in [1.807, 2.05) is 0 Å². The Hall–Kier alpha value is -2.86. The average molecular weight is 481 g/mol. The smallest absolute Gasteiger partial charge is 0.417 e. The van der Waals surface area contributed by atoms with Crippen LogP contribution in [0.3, 0.4) is 0 Å². The van der Waals surface area contributed by atoms with Crippen LogP contribution in [-0.2, 0) is 19.6 Å². The molecule has 33 heavy (non-hydrogen) atoms. The molecule has 0 aliphatic carbocycles. The highest BCUT2D eigenvalue weighted by molar-refractivity contribution is 7.89. The predicted octanol–water partition coefficient (Wildman–Crippen LogP) is 1.26. The van der Waals surface area contributed by atoms with Gasteiger partial charge in [0.15, 0.2) is 5.58 Å². The minimum Gasteiger partial charge on any atom is -0.450 e. The number of likely N-dealkylation sites (tertiary alicyclic amines) is 1. The Morgan fingerprint density at radius 2 is 1.97 bits per heavy atom. The minimum atomic E-state index is -3.85. The molecule has 0 bridgehead atoms. The Bertz CT molecular complexity index is 1180. The summed E-state index contributed by atoms with van der Waals surface area (Å²) in [4.78, 5) is 40.2. The lowest BCUT2D eigenvalue weighted by atomic mass is 9.97. The molecule has 2 aliphatic heterocycles. The number of benzene rings is 1. The third-order valence-corrected chi connectivity index (χ3v) is 8.01. The van der Waals surface area contributed by atoms with E-state index in [0.29, 0.717) is 57.4 Å². The Morgan fingerprint density at radius 1 is 1.21 bits per heavy atom. The first-order valence-electron chi connectivity index (χ1n) is 11.1. The van der Waals surface area contributed by atoms with E-state index in [9.17, 15) is 22.8 Å². The number of nitrogens with one attached hydrogen (secondary N) is 2. The van der Waals surface area contributed by atoms with Crippen LogP contribution in [0.2, 0.25) is 0 Å². The van der Waals surface area contributed by atoms with E-state index in [1.165, 1.54) is 22.5 Å². The number of hydrogen-bond donors (Lipinski definition) is 2. The zero-order chi connectivity index (χ0) is 23.6. The number of aromatic nitrogens is 1. The van der Waals surface area contributed by atoms with Crippen LogP contribution in [0.15, 0.2) is 32.3 Å². The fourth-order valence-electron chi connectivity index (χ4n) is 4.35. The first-order chi connectivity index (χ1) is 15.8. The third-order valence-electron chi connectivity index (χ3n) is 6.15. The molecule has 0 unspecified atom stereocenters. The summed E-state index contributed by atoms with van der Waals surface area (Å²) in [5.41, 5.74) is 0.588. The number of nitrogens with zero attached hydrogens (tertiary/aromatic N) is 2. The van der Waals surface area contributed by atoms with E-state index in [4.69, 9.17) is 9.15 Å². The van der Waals surface area contributed by atoms with Gasteiger partial charge >= 0.3 is 11.8 Å². The summed E-state index contributed by atoms with van der Waals surface area (Å²) in [5.74, 6) is -1.27. The molecule has 1 aromatic carbocycles. The highest BCUT2D eigenvalue weighted by Gasteiger charge is 2.35. The number of ether oxygens (including phenoxy) is 1. The molecule has 2 aromatic rings. The molecule has 0 saturated carbocycles. The van der Waals surface area contributed by atoms with Crippen LogP contribution >= 0.6 is 0 Å². The van der Waals surface area contributed by atoms with E-state index in [-0.39, 0.29) is 35.1 Å². The van der Waals surface area contributed by atoms with Crippen LogP contribution in [-0.4, -0.2) is 73.4 Å². The molecule has 12 heteroatoms. The molecule has 1 aromatic heterocycles. The van der Waals surface area contributed by atoms with Gasteiger partial charge in [-0.15, -0.1) is 0 Å². The zero-order valence-electron chi connectivity index (χ0n) is 18.4. The summed E-state index contributed by atoms with van der Waals surface area (Å²) in [6.45, 7) is 3.50. The zero-order valence-corrected chi connectivity index (χ0v) is 19.2. The monoisotopic (exact) mass is 480 g/mol. The van der Waals surface area contributed by atoms with Gasteiger partial charge in [0.1, 0.15) is 0 Å². The van der Waals surface area contributed by atoms with Crippen molar-refractivity contribution in [3.05, 3.63) is 28.7 Å². The molecule has 2 amide bonds. The normalized spacial score (nSPS) is 20.6. The molecule has 2 aliphatic rings. The Kier molecular flexibility index (Phi) is 6.75. The molecule has 2 N–H and O–H groups in total. The lowest BCUT2D eigenvalue weighted by Crippen LogP contribution is -2.50. The Labute approximate surface area is 191 Å². The first-order valence-corrected chi connectivity index (χ1v) is 12.6. The number of H-pyrrole nitrogens is 1. The summed E-state index contributed by atoms with van der Waals surface area (Å²) in [7, 11) is -3.85. The van der Waals surface area contributed by atoms with E-state index in [0.717, 1.165) is 0 Å². The van der Waals surface area contributed by atoms with Gasteiger partial charge in [-0.2, -0.15) is 4.31 Å². The summed E-state index contributed by atoms with van der Waals surface area (Å²) >= 11 is 0. The highest BCUT2D eigenvalue weighted by atomic mass is 32.2. The topological polar surface area (TPSA) is 142 Å². The fraction of sp³-hybridized carbons (Fsp3) is 0.571. The van der Waals surface area contributed by atoms with Gasteiger partial charge in [0.2, 0.25) is 15.9 Å². The molecule has 3 heterocycles. The molecule has 180 valence electrons. The molecule has 2 saturated heterocycles. The van der Waals surface area contributed by atoms with Gasteiger partial charge in [0.25, 0.3) is 0 Å². The Balaban J connectivity index is 1.37. The maximum atomic E-state index is 13.2. The number of oxazole rings is 1. The van der Waals surface area contributed by atoms with Gasteiger partial charge in [-0.1, -0.05) is 0 Å². The number of carbonyl (C=O) groups is 2. The van der Waals surface area contributed by atoms with Crippen LogP contribution < -0.4 is 11.1 Å². The summed E-state index contributed by atoms with van der Waals surface area (Å²) in [6.07, 6.45) is 2.08. The third kappa shape index (κ3) is 5.06. The van der Waals surface area contributed by atoms with Gasteiger partial charge in [0, 0.05) is 38.3 Å². The van der Waals surface area contributed by atoms with Crippen LogP contribution in [0.5, 0.6) is 0 Å². The summed E-state index contributed by atoms with van der Waals surface area (Å²) in [5, 5.41) is 3.03. The predicted molar refractivity (Wildman–Crippen MR) is 118 cm³/mol. The molecule has 2 fully saturated rings. The van der Waals surface area contributed by atoms with Gasteiger partial charge in [-0.3, -0.25) is 9.78 Å². The fourth-order valence-corrected chi connectivity index (χ4v) is 5.89. The van der Waals surface area contributed by atoms with Gasteiger partial charge < -0.3 is 19.4 Å². The van der Waals surface area contributed by atoms with Crippen molar-refractivity contribution in [2.45, 2.75) is 43.5 Å². The number of fused-ring (bicyclic) bond motifs is 1. The van der Waals surface area contributed by atoms with Crippen molar-refractivity contribution >= 4 is 33.1 Å². The standard InChI is InChI=1S/C21H28N4O7S/c1-2-31-21(28)24-10-7-15(8-11-24)22-19(26)14-4-3-9-25(13-14)33(29,30)16-5-6-17-18(12-16)32-20(27)23-17/h5-6,12,14-15H,2-4,7-11,13H2,1H3,(H,22,26)(H,23,27)/t14-/m0/s1. The van der Waals surface area contributed by atoms with Crippen molar-refractivity contribution in [2.75, 3.05) is 32.8 Å². The lowest BCUT2D eigenvalue weighted by Gasteiger charge is -2.34. The van der Waals surface area contributed by atoms with Gasteiger partial charge in [-0.05, 0) is 44.7 Å². The van der Waals surface area contributed by atoms with Crippen molar-refractivity contribution in [1.29, 1.82) is 0 Å². The van der Waals surface area contributed by atoms with Crippen LogP contribution in [0.1, 0.15) is 32.6 Å². The van der Waals surface area contributed by atoms with Crippen molar-refractivity contribution in [3.63, 3.8) is 0 Å². The number of aromatic amines is 1. The largest absolute Gasteiger partial charge is 0.450 e. The molecule has 0 spiro atoms. The number of sulfonamides is 1. The van der Waals surface area contributed by atoms with Crippen molar-refractivity contribution in [3.8, 4) is 0 Å². The number of rotatable bonds is 5. The van der Waals surface area contributed by atoms with Crippen LogP contribution in [0, 0.1) is 5.92 Å². The van der Waals surface area contributed by atoms with E-state index in [2.05, 4.69) is 10.3 Å². The quantitative estimate of drug-likeness (QED) is 0.656. The summed E-state index contributed by atoms with van der Waals surface area (Å²) < 4.78 is 37.6. The summed E-state index contributed by atoms with van der Waals surface area (Å²) in [6, 6.07) is 4.17. The minimum absolute atomic E-state index is 0.0187. The maximum absolute atomic E-state index is 13.2. The lowest BCUT2D eigenvalue weighted by molar-refractivity contribution is -0.127. The first kappa shape index (κ1) is 23.3. The molecular weight excluding hydrogens is 452 g/mol. The number of carbonyl (C=O) groups excluding carboxylic acids is 2. The average Bonchev–Trinajstić information content (AvgIpc) is 3.19. The second-order valence-electron chi connectivity index (χ2n) is 8.34.